The molecule has 1 saturated heterocycles. The Hall–Kier alpha value is 0.504. The average molecular weight is 178 g/mol. The number of hydrogen-bond acceptors (Lipinski definition) is 2. The molecule has 2 nitrogen and oxygen atoms in total. The number of rotatable bonds is 2. The molecular weight excluding hydrogens is 170 g/mol. The van der Waals surface area contributed by atoms with Crippen molar-refractivity contribution in [3.8, 4) is 0 Å². The Balaban J connectivity index is 2.06. The molecule has 0 saturated carbocycles. The maximum absolute atomic E-state index is 8.19. The topological polar surface area (TPSA) is 29.5 Å². The summed E-state index contributed by atoms with van der Waals surface area (Å²) in [6.45, 7) is 0. The molecule has 0 bridgehead atoms. The second kappa shape index (κ2) is 3.51. The van der Waals surface area contributed by atoms with Crippen molar-refractivity contribution in [1.29, 1.82) is 0 Å². The van der Waals surface area contributed by atoms with E-state index in [4.69, 9.17) is 9.68 Å². The molecule has 0 aromatic heterocycles. The van der Waals surface area contributed by atoms with Crippen molar-refractivity contribution in [3.63, 3.8) is 0 Å². The molecule has 0 amide bonds. The van der Waals surface area contributed by atoms with Gasteiger partial charge < -0.3 is 0 Å². The molecule has 8 heavy (non-hydrogen) atoms. The summed E-state index contributed by atoms with van der Waals surface area (Å²) < 4.78 is 4.86. The first kappa shape index (κ1) is 6.62. The molecule has 1 rings (SSSR count). The third-order valence-electron chi connectivity index (χ3n) is 1.10. The fourth-order valence-corrected chi connectivity index (χ4v) is 2.94. The Bertz CT molecular complexity index is 65.1. The van der Waals surface area contributed by atoms with Crippen LogP contribution in [0.3, 0.4) is 0 Å². The van der Waals surface area contributed by atoms with Gasteiger partial charge in [-0.1, -0.05) is 0 Å². The van der Waals surface area contributed by atoms with E-state index in [1.54, 1.807) is 0 Å². The minimum absolute atomic E-state index is 0.368. The van der Waals surface area contributed by atoms with Crippen molar-refractivity contribution < 1.29 is 9.68 Å². The molecule has 1 radical (unpaired) electrons. The van der Waals surface area contributed by atoms with Crippen molar-refractivity contribution in [2.45, 2.75) is 23.2 Å². The molecule has 1 aliphatic rings. The van der Waals surface area contributed by atoms with Crippen LogP contribution < -0.4 is 0 Å². The van der Waals surface area contributed by atoms with Gasteiger partial charge in [-0.3, -0.25) is 0 Å². The third kappa shape index (κ3) is 1.79. The van der Waals surface area contributed by atoms with Gasteiger partial charge in [-0.15, -0.1) is 0 Å². The van der Waals surface area contributed by atoms with Crippen molar-refractivity contribution >= 4 is 22.6 Å². The van der Waals surface area contributed by atoms with Crippen LogP contribution in [0, 0.1) is 0 Å². The summed E-state index contributed by atoms with van der Waals surface area (Å²) in [4.78, 5) is 0. The molecule has 1 unspecified atom stereocenters. The van der Waals surface area contributed by atoms with Crippen molar-refractivity contribution in [2.24, 2.45) is 0 Å². The summed E-state index contributed by atoms with van der Waals surface area (Å²) >= 11 is 0.624. The fourth-order valence-electron chi connectivity index (χ4n) is 0.723. The average Bonchev–Trinajstić information content (AvgIpc) is 2.19. The van der Waals surface area contributed by atoms with E-state index < -0.39 is 0 Å². The predicted octanol–water partition coefficient (Wildman–Crippen LogP) is -0.228. The fraction of sp³-hybridized carbons (Fsp3) is 1.00. The summed E-state index contributed by atoms with van der Waals surface area (Å²) in [5.41, 5.74) is 0. The van der Waals surface area contributed by atoms with Gasteiger partial charge in [0.15, 0.2) is 0 Å². The van der Waals surface area contributed by atoms with Crippen molar-refractivity contribution in [3.05, 3.63) is 0 Å². The first-order chi connectivity index (χ1) is 3.93. The van der Waals surface area contributed by atoms with Crippen molar-refractivity contribution in [2.75, 3.05) is 0 Å². The van der Waals surface area contributed by atoms with Gasteiger partial charge in [0.05, 0.1) is 0 Å². The van der Waals surface area contributed by atoms with Gasteiger partial charge in [-0.25, -0.2) is 0 Å². The van der Waals surface area contributed by atoms with Crippen LogP contribution in [0.5, 0.6) is 0 Å². The number of hydrogen-bond donors (Lipinski definition) is 1. The summed E-state index contributed by atoms with van der Waals surface area (Å²) in [6.07, 6.45) is 2.41. The second-order valence-electron chi connectivity index (χ2n) is 1.68. The molecule has 1 fully saturated rings. The zero-order chi connectivity index (χ0) is 5.82. The Morgan fingerprint density at radius 1 is 1.75 bits per heavy atom. The van der Waals surface area contributed by atoms with E-state index in [1.165, 1.54) is 11.7 Å². The van der Waals surface area contributed by atoms with E-state index in [2.05, 4.69) is 0 Å². The van der Waals surface area contributed by atoms with E-state index >= 15 is 0 Å². The Morgan fingerprint density at radius 2 is 2.62 bits per heavy atom. The molecule has 1 N–H and O–H groups in total. The molecular formula is C4H8BO2Se. The van der Waals surface area contributed by atoms with Crippen LogP contribution >= 0.6 is 0 Å². The maximum atomic E-state index is 8.19. The molecule has 0 aromatic rings. The van der Waals surface area contributed by atoms with Gasteiger partial charge >= 0.3 is 55.5 Å². The molecule has 1 aliphatic heterocycles. The third-order valence-corrected chi connectivity index (χ3v) is 3.71. The quantitative estimate of drug-likeness (QED) is 0.591. The Kier molecular flexibility index (Phi) is 2.91. The summed E-state index contributed by atoms with van der Waals surface area (Å²) in [5.74, 6) is 0. The first-order valence-electron chi connectivity index (χ1n) is 2.66. The van der Waals surface area contributed by atoms with Gasteiger partial charge in [0, 0.05) is 0 Å². The van der Waals surface area contributed by atoms with Gasteiger partial charge in [-0.05, 0) is 0 Å². The normalized spacial score (nSPS) is 28.4. The summed E-state index contributed by atoms with van der Waals surface area (Å²) in [6, 6.07) is 0. The molecule has 0 spiro atoms. The van der Waals surface area contributed by atoms with Gasteiger partial charge in [0.1, 0.15) is 0 Å². The zero-order valence-electron chi connectivity index (χ0n) is 4.54. The summed E-state index contributed by atoms with van der Waals surface area (Å²) in [5, 5.41) is 9.87. The Labute approximate surface area is 56.1 Å². The van der Waals surface area contributed by atoms with E-state index in [1.807, 2.05) is 0 Å². The Morgan fingerprint density at radius 3 is 3.12 bits per heavy atom. The van der Waals surface area contributed by atoms with Crippen LogP contribution in [-0.2, 0) is 4.65 Å². The minimum atomic E-state index is 0.368. The van der Waals surface area contributed by atoms with Crippen LogP contribution in [0.2, 0.25) is 5.32 Å². The zero-order valence-corrected chi connectivity index (χ0v) is 6.25. The molecule has 0 aliphatic carbocycles. The molecule has 45 valence electrons. The van der Waals surface area contributed by atoms with Crippen LogP contribution in [-0.4, -0.2) is 32.7 Å². The van der Waals surface area contributed by atoms with Crippen LogP contribution in [0.1, 0.15) is 12.8 Å². The van der Waals surface area contributed by atoms with Crippen LogP contribution in [0.25, 0.3) is 0 Å². The molecule has 0 aromatic carbocycles. The predicted molar refractivity (Wildman–Crippen MR) is 32.6 cm³/mol. The van der Waals surface area contributed by atoms with Gasteiger partial charge in [0.2, 0.25) is 0 Å². The first-order valence-corrected chi connectivity index (χ1v) is 4.86. The van der Waals surface area contributed by atoms with Gasteiger partial charge in [-0.2, -0.15) is 0 Å². The van der Waals surface area contributed by atoms with Gasteiger partial charge in [0.25, 0.3) is 0 Å². The SMILES string of the molecule is O[B]OC1CCC[Se]1. The summed E-state index contributed by atoms with van der Waals surface area (Å²) in [7, 11) is 0.817. The van der Waals surface area contributed by atoms with Crippen LogP contribution in [0.15, 0.2) is 0 Å². The molecule has 1 heterocycles. The van der Waals surface area contributed by atoms with E-state index in [0.717, 1.165) is 14.1 Å². The monoisotopic (exact) mass is 179 g/mol. The van der Waals surface area contributed by atoms with Crippen LogP contribution in [0.4, 0.5) is 0 Å². The van der Waals surface area contributed by atoms with E-state index in [0.29, 0.717) is 20.0 Å². The molecule has 4 heteroatoms. The van der Waals surface area contributed by atoms with Crippen molar-refractivity contribution in [1.82, 2.24) is 0 Å². The van der Waals surface area contributed by atoms with E-state index in [-0.39, 0.29) is 0 Å². The van der Waals surface area contributed by atoms with E-state index in [9.17, 15) is 0 Å². The molecule has 1 atom stereocenters. The standard InChI is InChI=1S/C4H8BO2Se/c6-5-7-4-2-1-3-8-4/h4,6H,1-3H2. The second-order valence-corrected chi connectivity index (χ2v) is 4.34.